The molecule has 0 spiro atoms. The second-order valence-electron chi connectivity index (χ2n) is 4.27. The number of nitrogens with one attached hydrogen (secondary N) is 1. The van der Waals surface area contributed by atoms with E-state index in [-0.39, 0.29) is 5.69 Å². The zero-order chi connectivity index (χ0) is 14.7. The molecule has 0 bridgehead atoms. The van der Waals surface area contributed by atoms with Crippen LogP contribution in [0.4, 0.5) is 18.9 Å². The smallest absolute Gasteiger partial charge is 0.406 e. The van der Waals surface area contributed by atoms with Gasteiger partial charge in [0.05, 0.1) is 6.07 Å². The van der Waals surface area contributed by atoms with E-state index in [1.54, 1.807) is 6.07 Å². The van der Waals surface area contributed by atoms with Crippen LogP contribution in [-0.4, -0.2) is 12.3 Å². The first kappa shape index (κ1) is 14.8. The number of ether oxygens (including phenoxy) is 1. The van der Waals surface area contributed by atoms with E-state index < -0.39 is 23.4 Å². The number of hydrogen-bond donors (Lipinski definition) is 1. The molecule has 1 N–H and O–H groups in total. The van der Waals surface area contributed by atoms with Crippen molar-refractivity contribution < 1.29 is 22.7 Å². The summed E-state index contributed by atoms with van der Waals surface area (Å²) in [5.41, 5.74) is -1.16. The van der Waals surface area contributed by atoms with Crippen molar-refractivity contribution in [1.82, 2.24) is 0 Å². The topological polar surface area (TPSA) is 62.1 Å². The van der Waals surface area contributed by atoms with Crippen molar-refractivity contribution in [3.05, 3.63) is 24.3 Å². The number of benzene rings is 1. The van der Waals surface area contributed by atoms with Gasteiger partial charge in [0.1, 0.15) is 11.2 Å². The third-order valence-electron chi connectivity index (χ3n) is 2.17. The van der Waals surface area contributed by atoms with E-state index in [9.17, 15) is 18.0 Å². The van der Waals surface area contributed by atoms with Gasteiger partial charge >= 0.3 is 6.36 Å². The van der Waals surface area contributed by atoms with Gasteiger partial charge in [0.15, 0.2) is 0 Å². The summed E-state index contributed by atoms with van der Waals surface area (Å²) in [5.74, 6) is -1.06. The molecule has 4 nitrogen and oxygen atoms in total. The molecule has 0 unspecified atom stereocenters. The molecule has 0 aliphatic rings. The average Bonchev–Trinajstić information content (AvgIpc) is 2.27. The summed E-state index contributed by atoms with van der Waals surface area (Å²) >= 11 is 0. The first-order valence-corrected chi connectivity index (χ1v) is 5.22. The van der Waals surface area contributed by atoms with Crippen molar-refractivity contribution >= 4 is 11.6 Å². The van der Waals surface area contributed by atoms with Crippen LogP contribution < -0.4 is 10.1 Å². The molecule has 19 heavy (non-hydrogen) atoms. The summed E-state index contributed by atoms with van der Waals surface area (Å²) in [7, 11) is 0. The van der Waals surface area contributed by atoms with Crippen molar-refractivity contribution in [2.24, 2.45) is 5.41 Å². The molecule has 102 valence electrons. The minimum absolute atomic E-state index is 0.120. The predicted octanol–water partition coefficient (Wildman–Crippen LogP) is 3.07. The lowest BCUT2D eigenvalue weighted by atomic mass is 9.94. The van der Waals surface area contributed by atoms with Crippen molar-refractivity contribution in [2.45, 2.75) is 20.2 Å². The van der Waals surface area contributed by atoms with Crippen molar-refractivity contribution in [1.29, 1.82) is 5.26 Å². The van der Waals surface area contributed by atoms with Crippen LogP contribution >= 0.6 is 0 Å². The highest BCUT2D eigenvalue weighted by atomic mass is 19.4. The first-order valence-electron chi connectivity index (χ1n) is 5.22. The summed E-state index contributed by atoms with van der Waals surface area (Å²) in [4.78, 5) is 11.7. The number of carbonyl (C=O) groups is 1. The highest BCUT2D eigenvalue weighted by molar-refractivity contribution is 5.96. The van der Waals surface area contributed by atoms with Gasteiger partial charge < -0.3 is 10.1 Å². The maximum absolute atomic E-state index is 12.0. The second kappa shape index (κ2) is 5.18. The lowest BCUT2D eigenvalue weighted by Crippen LogP contribution is -2.29. The van der Waals surface area contributed by atoms with Crippen LogP contribution in [0, 0.1) is 16.7 Å². The van der Waals surface area contributed by atoms with Gasteiger partial charge in [0.25, 0.3) is 0 Å². The van der Waals surface area contributed by atoms with Gasteiger partial charge in [-0.3, -0.25) is 4.79 Å². The maximum Gasteiger partial charge on any atom is 0.573 e. The van der Waals surface area contributed by atoms with E-state index in [1.807, 2.05) is 0 Å². The van der Waals surface area contributed by atoms with E-state index in [2.05, 4.69) is 10.1 Å². The number of amides is 1. The minimum Gasteiger partial charge on any atom is -0.406 e. The summed E-state index contributed by atoms with van der Waals surface area (Å²) in [6.45, 7) is 2.80. The van der Waals surface area contributed by atoms with Crippen LogP contribution in [-0.2, 0) is 4.79 Å². The largest absolute Gasteiger partial charge is 0.573 e. The third kappa shape index (κ3) is 4.50. The van der Waals surface area contributed by atoms with Gasteiger partial charge in [-0.1, -0.05) is 6.07 Å². The summed E-state index contributed by atoms with van der Waals surface area (Å²) in [6, 6.07) is 6.63. The zero-order valence-corrected chi connectivity index (χ0v) is 10.2. The predicted molar refractivity (Wildman–Crippen MR) is 61.1 cm³/mol. The van der Waals surface area contributed by atoms with Crippen LogP contribution in [0.2, 0.25) is 0 Å². The van der Waals surface area contributed by atoms with Crippen LogP contribution in [0.3, 0.4) is 0 Å². The molecule has 0 fully saturated rings. The summed E-state index contributed by atoms with van der Waals surface area (Å²) < 4.78 is 39.8. The molecule has 1 aromatic carbocycles. The van der Waals surface area contributed by atoms with E-state index in [0.717, 1.165) is 12.1 Å². The number of nitrogens with zero attached hydrogens (tertiary/aromatic N) is 1. The summed E-state index contributed by atoms with van der Waals surface area (Å²) in [5, 5.41) is 11.1. The van der Waals surface area contributed by atoms with Crippen LogP contribution in [0.1, 0.15) is 13.8 Å². The Bertz CT molecular complexity index is 518. The lowest BCUT2D eigenvalue weighted by molar-refractivity contribution is -0.274. The number of nitriles is 1. The molecule has 0 radical (unpaired) electrons. The fraction of sp³-hybridized carbons (Fsp3) is 0.333. The molecule has 0 aromatic heterocycles. The number of anilines is 1. The maximum atomic E-state index is 12.0. The highest BCUT2D eigenvalue weighted by Crippen LogP contribution is 2.26. The minimum atomic E-state index is -4.80. The molecule has 0 saturated heterocycles. The van der Waals surface area contributed by atoms with Gasteiger partial charge in [-0.25, -0.2) is 0 Å². The monoisotopic (exact) mass is 272 g/mol. The molecule has 1 aromatic rings. The van der Waals surface area contributed by atoms with Crippen LogP contribution in [0.25, 0.3) is 0 Å². The molecule has 1 rings (SSSR count). The van der Waals surface area contributed by atoms with Gasteiger partial charge in [0.2, 0.25) is 5.91 Å². The van der Waals surface area contributed by atoms with Gasteiger partial charge in [-0.2, -0.15) is 5.26 Å². The molecular formula is C12H11F3N2O2. The fourth-order valence-electron chi connectivity index (χ4n) is 1.11. The normalized spacial score (nSPS) is 11.6. The van der Waals surface area contributed by atoms with Gasteiger partial charge in [-0.05, 0) is 26.0 Å². The standard InChI is InChI=1S/C12H11F3N2O2/c1-11(2,7-16)10(18)17-8-4-3-5-9(6-8)19-12(13,14)15/h3-6H,1-2H3,(H,17,18). The molecule has 0 aliphatic carbocycles. The van der Waals surface area contributed by atoms with Gasteiger partial charge in [-0.15, -0.1) is 13.2 Å². The lowest BCUT2D eigenvalue weighted by Gasteiger charge is -2.15. The molecule has 1 amide bonds. The van der Waals surface area contributed by atoms with Crippen LogP contribution in [0.15, 0.2) is 24.3 Å². The van der Waals surface area contributed by atoms with E-state index in [4.69, 9.17) is 5.26 Å². The Morgan fingerprint density at radius 2 is 2.00 bits per heavy atom. The molecule has 0 saturated carbocycles. The zero-order valence-electron chi connectivity index (χ0n) is 10.2. The summed E-state index contributed by atoms with van der Waals surface area (Å²) in [6.07, 6.45) is -4.80. The number of halogens is 3. The number of carbonyl (C=O) groups excluding carboxylic acids is 1. The van der Waals surface area contributed by atoms with Crippen LogP contribution in [0.5, 0.6) is 5.75 Å². The third-order valence-corrected chi connectivity index (χ3v) is 2.17. The van der Waals surface area contributed by atoms with Crippen molar-refractivity contribution in [3.8, 4) is 11.8 Å². The van der Waals surface area contributed by atoms with Crippen molar-refractivity contribution in [2.75, 3.05) is 5.32 Å². The van der Waals surface area contributed by atoms with E-state index >= 15 is 0 Å². The van der Waals surface area contributed by atoms with Crippen molar-refractivity contribution in [3.63, 3.8) is 0 Å². The number of rotatable bonds is 3. The highest BCUT2D eigenvalue weighted by Gasteiger charge is 2.31. The molecule has 0 atom stereocenters. The quantitative estimate of drug-likeness (QED) is 0.919. The van der Waals surface area contributed by atoms with E-state index in [1.165, 1.54) is 26.0 Å². The Kier molecular flexibility index (Phi) is 4.04. The fourth-order valence-corrected chi connectivity index (χ4v) is 1.11. The molecule has 0 aliphatic heterocycles. The Hall–Kier alpha value is -2.23. The average molecular weight is 272 g/mol. The molecular weight excluding hydrogens is 261 g/mol. The SMILES string of the molecule is CC(C)(C#N)C(=O)Nc1cccc(OC(F)(F)F)c1. The Labute approximate surface area is 107 Å². The van der Waals surface area contributed by atoms with Gasteiger partial charge in [0, 0.05) is 11.8 Å². The Morgan fingerprint density at radius 3 is 2.53 bits per heavy atom. The van der Waals surface area contributed by atoms with E-state index in [0.29, 0.717) is 0 Å². The molecule has 7 heteroatoms. The first-order chi connectivity index (χ1) is 8.64. The Balaban J connectivity index is 2.84. The molecule has 0 heterocycles. The second-order valence-corrected chi connectivity index (χ2v) is 4.27. The number of alkyl halides is 3. The Morgan fingerprint density at radius 1 is 1.37 bits per heavy atom. The number of hydrogen-bond acceptors (Lipinski definition) is 3.